The average molecular weight is 395 g/mol. The largest absolute Gasteiger partial charge is 0.496 e. The van der Waals surface area contributed by atoms with Gasteiger partial charge in [0.05, 0.1) is 7.11 Å². The normalized spacial score (nSPS) is 35.3. The van der Waals surface area contributed by atoms with Gasteiger partial charge in [-0.1, -0.05) is 0 Å². The maximum atomic E-state index is 13.7. The first-order valence-corrected chi connectivity index (χ1v) is 11.3. The Kier molecular flexibility index (Phi) is 4.36. The van der Waals surface area contributed by atoms with E-state index in [-0.39, 0.29) is 11.0 Å². The number of nitrogens with two attached hydrogens (primary N) is 1. The van der Waals surface area contributed by atoms with Gasteiger partial charge in [0.25, 0.3) is 0 Å². The molecule has 1 aromatic rings. The second-order valence-corrected chi connectivity index (χ2v) is 10.8. The van der Waals surface area contributed by atoms with E-state index in [1.54, 1.807) is 7.11 Å². The monoisotopic (exact) mass is 394 g/mol. The van der Waals surface area contributed by atoms with Gasteiger partial charge in [-0.05, 0) is 94.2 Å². The molecule has 4 aliphatic carbocycles. The molecule has 4 heteroatoms. The fourth-order valence-corrected chi connectivity index (χ4v) is 7.18. The van der Waals surface area contributed by atoms with Crippen molar-refractivity contribution in [3.05, 3.63) is 34.9 Å². The van der Waals surface area contributed by atoms with Gasteiger partial charge in [-0.2, -0.15) is 0 Å². The van der Waals surface area contributed by atoms with Gasteiger partial charge in [-0.3, -0.25) is 4.79 Å². The Hall–Kier alpha value is -1.81. The maximum absolute atomic E-state index is 13.7. The molecule has 4 fully saturated rings. The quantitative estimate of drug-likeness (QED) is 0.751. The molecule has 4 nitrogen and oxygen atoms in total. The van der Waals surface area contributed by atoms with Gasteiger partial charge >= 0.3 is 0 Å². The van der Waals surface area contributed by atoms with Crippen LogP contribution in [-0.4, -0.2) is 18.4 Å². The molecule has 0 radical (unpaired) electrons. The lowest BCUT2D eigenvalue weighted by molar-refractivity contribution is -0.138. The van der Waals surface area contributed by atoms with E-state index in [4.69, 9.17) is 10.5 Å². The Bertz CT molecular complexity index is 848. The highest BCUT2D eigenvalue weighted by molar-refractivity contribution is 6.01. The van der Waals surface area contributed by atoms with Gasteiger partial charge in [0.1, 0.15) is 5.75 Å². The van der Waals surface area contributed by atoms with Crippen LogP contribution in [0.2, 0.25) is 0 Å². The minimum absolute atomic E-state index is 0.101. The Labute approximate surface area is 174 Å². The zero-order valence-electron chi connectivity index (χ0n) is 18.0. The summed E-state index contributed by atoms with van der Waals surface area (Å²) in [5, 5.41) is 3.66. The van der Waals surface area contributed by atoms with Crippen molar-refractivity contribution in [1.29, 1.82) is 0 Å². The fraction of sp³-hybridized carbons (Fsp3) is 0.640. The van der Waals surface area contributed by atoms with Crippen molar-refractivity contribution in [2.45, 2.75) is 70.9 Å². The van der Waals surface area contributed by atoms with Crippen LogP contribution in [0.5, 0.6) is 5.75 Å². The van der Waals surface area contributed by atoms with E-state index in [9.17, 15) is 4.79 Å². The van der Waals surface area contributed by atoms with E-state index < -0.39 is 0 Å². The lowest BCUT2D eigenvalue weighted by atomic mass is 9.48. The van der Waals surface area contributed by atoms with Gasteiger partial charge < -0.3 is 15.8 Å². The standard InChI is InChI=1S/C25H34N2O2/c1-24(2)13-18-8-22(29-3)19(14-26)7-20(18)21(27-24)9-23(28)25-10-15-4-16(11-25)6-17(5-15)12-25/h7-9,15-17,27H,4-6,10-14,26H2,1-3H3/b21-9+. The number of rotatable bonds is 4. The molecule has 0 amide bonds. The van der Waals surface area contributed by atoms with Crippen molar-refractivity contribution in [1.82, 2.24) is 5.32 Å². The number of hydrogen-bond acceptors (Lipinski definition) is 4. The van der Waals surface area contributed by atoms with Crippen molar-refractivity contribution >= 4 is 11.5 Å². The number of benzene rings is 1. The summed E-state index contributed by atoms with van der Waals surface area (Å²) in [6, 6.07) is 4.23. The Morgan fingerprint density at radius 1 is 1.17 bits per heavy atom. The van der Waals surface area contributed by atoms with Crippen LogP contribution in [0.1, 0.15) is 69.1 Å². The van der Waals surface area contributed by atoms with Gasteiger partial charge in [-0.25, -0.2) is 0 Å². The van der Waals surface area contributed by atoms with Crippen LogP contribution < -0.4 is 15.8 Å². The Morgan fingerprint density at radius 2 is 1.79 bits per heavy atom. The second-order valence-electron chi connectivity index (χ2n) is 10.8. The summed E-state index contributed by atoms with van der Waals surface area (Å²) in [6.07, 6.45) is 10.2. The number of hydrogen-bond donors (Lipinski definition) is 2. The topological polar surface area (TPSA) is 64.3 Å². The molecule has 0 spiro atoms. The molecule has 0 unspecified atom stereocenters. The van der Waals surface area contributed by atoms with Crippen molar-refractivity contribution in [3.63, 3.8) is 0 Å². The lowest BCUT2D eigenvalue weighted by Crippen LogP contribution is -2.50. The number of ether oxygens (including phenoxy) is 1. The summed E-state index contributed by atoms with van der Waals surface area (Å²) in [4.78, 5) is 13.7. The van der Waals surface area contributed by atoms with Crippen molar-refractivity contribution in [3.8, 4) is 5.75 Å². The smallest absolute Gasteiger partial charge is 0.163 e. The van der Waals surface area contributed by atoms with E-state index in [0.29, 0.717) is 12.3 Å². The molecule has 0 atom stereocenters. The Balaban J connectivity index is 1.54. The van der Waals surface area contributed by atoms with Crippen molar-refractivity contribution in [2.75, 3.05) is 7.11 Å². The summed E-state index contributed by atoms with van der Waals surface area (Å²) < 4.78 is 5.56. The number of ketones is 1. The highest BCUT2D eigenvalue weighted by atomic mass is 16.5. The Morgan fingerprint density at radius 3 is 2.34 bits per heavy atom. The van der Waals surface area contributed by atoms with Crippen LogP contribution >= 0.6 is 0 Å². The molecule has 5 aliphatic rings. The van der Waals surface area contributed by atoms with Crippen LogP contribution in [0.3, 0.4) is 0 Å². The fourth-order valence-electron chi connectivity index (χ4n) is 7.18. The molecule has 1 aliphatic heterocycles. The van der Waals surface area contributed by atoms with E-state index in [2.05, 4.69) is 31.3 Å². The van der Waals surface area contributed by atoms with Crippen LogP contribution in [0.25, 0.3) is 5.70 Å². The third kappa shape index (κ3) is 3.20. The van der Waals surface area contributed by atoms with Gasteiger partial charge in [0, 0.05) is 40.4 Å². The summed E-state index contributed by atoms with van der Waals surface area (Å²) in [7, 11) is 1.69. The maximum Gasteiger partial charge on any atom is 0.163 e. The number of methoxy groups -OCH3 is 1. The van der Waals surface area contributed by atoms with E-state index in [0.717, 1.165) is 66.0 Å². The van der Waals surface area contributed by atoms with Crippen LogP contribution in [-0.2, 0) is 17.8 Å². The van der Waals surface area contributed by atoms with Crippen LogP contribution in [0.4, 0.5) is 0 Å². The summed E-state index contributed by atoms with van der Waals surface area (Å²) in [5.74, 6) is 3.53. The van der Waals surface area contributed by atoms with Crippen LogP contribution in [0, 0.1) is 23.2 Å². The van der Waals surface area contributed by atoms with Crippen molar-refractivity contribution in [2.24, 2.45) is 28.9 Å². The van der Waals surface area contributed by atoms with Gasteiger partial charge in [0.2, 0.25) is 0 Å². The second kappa shape index (κ2) is 6.60. The first-order chi connectivity index (χ1) is 13.8. The van der Waals surface area contributed by atoms with Crippen LogP contribution in [0.15, 0.2) is 18.2 Å². The molecule has 4 bridgehead atoms. The van der Waals surface area contributed by atoms with E-state index >= 15 is 0 Å². The van der Waals surface area contributed by atoms with E-state index in [1.807, 2.05) is 6.08 Å². The molecule has 0 aromatic heterocycles. The summed E-state index contributed by atoms with van der Waals surface area (Å²) >= 11 is 0. The SMILES string of the molecule is COc1cc2c(cc1CN)/C(=C\C(=O)C13CC4CC(CC(C4)C1)C3)NC(C)(C)C2. The van der Waals surface area contributed by atoms with Crippen molar-refractivity contribution < 1.29 is 9.53 Å². The average Bonchev–Trinajstić information content (AvgIpc) is 2.65. The number of carbonyl (C=O) groups excluding carboxylic acids is 1. The van der Waals surface area contributed by atoms with Gasteiger partial charge in [0.15, 0.2) is 5.78 Å². The minimum atomic E-state index is -0.103. The molecular weight excluding hydrogens is 360 g/mol. The first-order valence-electron chi connectivity index (χ1n) is 11.3. The molecule has 4 saturated carbocycles. The molecule has 6 rings (SSSR count). The third-order valence-electron chi connectivity index (χ3n) is 7.96. The zero-order chi connectivity index (χ0) is 20.4. The van der Waals surface area contributed by atoms with Gasteiger partial charge in [-0.15, -0.1) is 0 Å². The number of fused-ring (bicyclic) bond motifs is 1. The minimum Gasteiger partial charge on any atom is -0.496 e. The predicted molar refractivity (Wildman–Crippen MR) is 115 cm³/mol. The summed E-state index contributed by atoms with van der Waals surface area (Å²) in [5.41, 5.74) is 10.1. The third-order valence-corrected chi connectivity index (χ3v) is 7.96. The molecule has 3 N–H and O–H groups in total. The lowest BCUT2D eigenvalue weighted by Gasteiger charge is -2.55. The summed E-state index contributed by atoms with van der Waals surface area (Å²) in [6.45, 7) is 4.82. The zero-order valence-corrected chi connectivity index (χ0v) is 18.0. The molecular formula is C25H34N2O2. The number of carbonyl (C=O) groups is 1. The molecule has 1 heterocycles. The number of nitrogens with one attached hydrogen (secondary N) is 1. The molecule has 0 saturated heterocycles. The predicted octanol–water partition coefficient (Wildman–Crippen LogP) is 4.20. The first kappa shape index (κ1) is 19.2. The van der Waals surface area contributed by atoms with E-state index in [1.165, 1.54) is 24.8 Å². The highest BCUT2D eigenvalue weighted by Crippen LogP contribution is 2.60. The molecule has 29 heavy (non-hydrogen) atoms. The molecule has 156 valence electrons. The highest BCUT2D eigenvalue weighted by Gasteiger charge is 2.54. The molecule has 1 aromatic carbocycles. The number of allylic oxidation sites excluding steroid dienone is 1.